The van der Waals surface area contributed by atoms with Crippen LogP contribution in [0, 0.1) is 0 Å². The fourth-order valence-electron chi connectivity index (χ4n) is 2.34. The lowest BCUT2D eigenvalue weighted by molar-refractivity contribution is -0.137. The van der Waals surface area contributed by atoms with Crippen molar-refractivity contribution in [3.63, 3.8) is 0 Å². The molecule has 1 aromatic carbocycles. The zero-order valence-corrected chi connectivity index (χ0v) is 11.5. The molecule has 1 atom stereocenters. The molecule has 0 saturated carbocycles. The fourth-order valence-corrected chi connectivity index (χ4v) is 3.02. The van der Waals surface area contributed by atoms with Crippen LogP contribution in [0.2, 0.25) is 0 Å². The number of anilines is 1. The molecule has 1 fully saturated rings. The van der Waals surface area contributed by atoms with Crippen LogP contribution in [0.25, 0.3) is 0 Å². The van der Waals surface area contributed by atoms with Crippen LogP contribution in [-0.2, 0) is 6.18 Å². The second kappa shape index (κ2) is 5.51. The molecule has 1 saturated heterocycles. The minimum absolute atomic E-state index is 0.385. The van der Waals surface area contributed by atoms with Gasteiger partial charge in [0.25, 0.3) is 0 Å². The second-order valence-electron chi connectivity index (χ2n) is 4.54. The van der Waals surface area contributed by atoms with E-state index in [0.717, 1.165) is 42.5 Å². The number of hydrogen-bond donors (Lipinski definition) is 0. The molecule has 1 nitrogen and oxygen atoms in total. The summed E-state index contributed by atoms with van der Waals surface area (Å²) in [6.07, 6.45) is -0.876. The first-order chi connectivity index (χ1) is 8.52. The van der Waals surface area contributed by atoms with E-state index in [1.54, 1.807) is 12.1 Å². The Morgan fingerprint density at radius 2 is 1.83 bits per heavy atom. The predicted molar refractivity (Wildman–Crippen MR) is 70.2 cm³/mol. The first-order valence-corrected chi connectivity index (χ1v) is 7.14. The van der Waals surface area contributed by atoms with E-state index in [2.05, 4.69) is 20.8 Å². The normalized spacial score (nSPS) is 21.1. The van der Waals surface area contributed by atoms with Gasteiger partial charge in [0.1, 0.15) is 0 Å². The summed E-state index contributed by atoms with van der Waals surface area (Å²) in [7, 11) is 0. The maximum Gasteiger partial charge on any atom is 0.416 e. The Hall–Kier alpha value is -0.710. The van der Waals surface area contributed by atoms with Gasteiger partial charge >= 0.3 is 6.18 Å². The van der Waals surface area contributed by atoms with Crippen LogP contribution < -0.4 is 4.90 Å². The smallest absolute Gasteiger partial charge is 0.368 e. The lowest BCUT2D eigenvalue weighted by atomic mass is 10.0. The molecule has 2 rings (SSSR count). The Balaban J connectivity index is 2.18. The van der Waals surface area contributed by atoms with E-state index < -0.39 is 11.7 Å². The van der Waals surface area contributed by atoms with Crippen LogP contribution >= 0.6 is 15.9 Å². The number of halogens is 4. The van der Waals surface area contributed by atoms with Gasteiger partial charge in [-0.25, -0.2) is 0 Å². The molecule has 0 N–H and O–H groups in total. The number of nitrogens with zero attached hydrogens (tertiary/aromatic N) is 1. The summed E-state index contributed by atoms with van der Waals surface area (Å²) in [5, 5.41) is 0.855. The number of alkyl halides is 4. The van der Waals surface area contributed by atoms with Gasteiger partial charge in [0.05, 0.1) is 5.56 Å². The fraction of sp³-hybridized carbons (Fsp3) is 0.538. The van der Waals surface area contributed by atoms with Gasteiger partial charge in [0, 0.05) is 23.6 Å². The molecule has 1 aliphatic heterocycles. The van der Waals surface area contributed by atoms with Gasteiger partial charge in [-0.3, -0.25) is 0 Å². The summed E-state index contributed by atoms with van der Waals surface area (Å²) >= 11 is 3.47. The minimum Gasteiger partial charge on any atom is -0.368 e. The molecule has 100 valence electrons. The predicted octanol–water partition coefficient (Wildman–Crippen LogP) is 4.46. The monoisotopic (exact) mass is 321 g/mol. The van der Waals surface area contributed by atoms with Gasteiger partial charge in [0.15, 0.2) is 0 Å². The highest BCUT2D eigenvalue weighted by Crippen LogP contribution is 2.32. The lowest BCUT2D eigenvalue weighted by Crippen LogP contribution is -2.40. The van der Waals surface area contributed by atoms with Crippen LogP contribution in [-0.4, -0.2) is 17.9 Å². The highest BCUT2D eigenvalue weighted by molar-refractivity contribution is 9.09. The summed E-state index contributed by atoms with van der Waals surface area (Å²) in [6.45, 7) is 0.918. The third-order valence-electron chi connectivity index (χ3n) is 3.33. The van der Waals surface area contributed by atoms with Crippen molar-refractivity contribution >= 4 is 21.6 Å². The third-order valence-corrected chi connectivity index (χ3v) is 4.08. The Labute approximate surface area is 113 Å². The molecular weight excluding hydrogens is 307 g/mol. The van der Waals surface area contributed by atoms with E-state index in [1.807, 2.05) is 0 Å². The molecule has 1 aromatic rings. The third kappa shape index (κ3) is 2.99. The summed E-state index contributed by atoms with van der Waals surface area (Å²) in [6, 6.07) is 5.86. The van der Waals surface area contributed by atoms with Gasteiger partial charge in [0.2, 0.25) is 0 Å². The van der Waals surface area contributed by atoms with E-state index in [1.165, 1.54) is 6.42 Å². The number of piperidine rings is 1. The Kier molecular flexibility index (Phi) is 4.20. The first kappa shape index (κ1) is 13.7. The molecule has 1 heterocycles. The van der Waals surface area contributed by atoms with E-state index in [9.17, 15) is 13.2 Å². The molecule has 5 heteroatoms. The van der Waals surface area contributed by atoms with Crippen LogP contribution in [0.5, 0.6) is 0 Å². The Bertz CT molecular complexity index is 388. The van der Waals surface area contributed by atoms with Crippen LogP contribution in [0.3, 0.4) is 0 Å². The molecular formula is C13H15BrF3N. The van der Waals surface area contributed by atoms with Gasteiger partial charge in [-0.15, -0.1) is 0 Å². The second-order valence-corrected chi connectivity index (χ2v) is 5.19. The van der Waals surface area contributed by atoms with Crippen molar-refractivity contribution in [3.8, 4) is 0 Å². The standard InChI is InChI=1S/C13H15BrF3N/c14-9-12-3-1-2-8-18(12)11-6-4-10(5-7-11)13(15,16)17/h4-7,12H,1-3,8-9H2. The van der Waals surface area contributed by atoms with Gasteiger partial charge in [-0.05, 0) is 43.5 Å². The van der Waals surface area contributed by atoms with Crippen LogP contribution in [0.1, 0.15) is 24.8 Å². The SMILES string of the molecule is FC(F)(F)c1ccc(N2CCCCC2CBr)cc1. The van der Waals surface area contributed by atoms with Crippen LogP contribution in [0.15, 0.2) is 24.3 Å². The molecule has 0 spiro atoms. The van der Waals surface area contributed by atoms with E-state index in [0.29, 0.717) is 6.04 Å². The van der Waals surface area contributed by atoms with Gasteiger partial charge in [-0.2, -0.15) is 13.2 Å². The van der Waals surface area contributed by atoms with E-state index >= 15 is 0 Å². The van der Waals surface area contributed by atoms with E-state index in [4.69, 9.17) is 0 Å². The molecule has 18 heavy (non-hydrogen) atoms. The van der Waals surface area contributed by atoms with E-state index in [-0.39, 0.29) is 0 Å². The first-order valence-electron chi connectivity index (χ1n) is 6.02. The highest BCUT2D eigenvalue weighted by atomic mass is 79.9. The molecule has 0 radical (unpaired) electrons. The van der Waals surface area contributed by atoms with Crippen molar-refractivity contribution in [2.75, 3.05) is 16.8 Å². The van der Waals surface area contributed by atoms with Crippen molar-refractivity contribution in [1.29, 1.82) is 0 Å². The maximum absolute atomic E-state index is 12.5. The average molecular weight is 322 g/mol. The molecule has 0 aliphatic carbocycles. The van der Waals surface area contributed by atoms with Crippen molar-refractivity contribution in [2.24, 2.45) is 0 Å². The Morgan fingerprint density at radius 1 is 1.17 bits per heavy atom. The summed E-state index contributed by atoms with van der Waals surface area (Å²) in [5.74, 6) is 0. The number of rotatable bonds is 2. The summed E-state index contributed by atoms with van der Waals surface area (Å²) in [5.41, 5.74) is 0.297. The van der Waals surface area contributed by atoms with Crippen molar-refractivity contribution in [1.82, 2.24) is 0 Å². The lowest BCUT2D eigenvalue weighted by Gasteiger charge is -2.36. The van der Waals surface area contributed by atoms with Gasteiger partial charge in [-0.1, -0.05) is 15.9 Å². The van der Waals surface area contributed by atoms with Crippen molar-refractivity contribution in [2.45, 2.75) is 31.5 Å². The topological polar surface area (TPSA) is 3.24 Å². The number of benzene rings is 1. The van der Waals surface area contributed by atoms with Crippen LogP contribution in [0.4, 0.5) is 18.9 Å². The highest BCUT2D eigenvalue weighted by Gasteiger charge is 2.30. The van der Waals surface area contributed by atoms with Gasteiger partial charge < -0.3 is 4.90 Å². The zero-order chi connectivity index (χ0) is 13.2. The number of hydrogen-bond acceptors (Lipinski definition) is 1. The molecule has 0 aromatic heterocycles. The largest absolute Gasteiger partial charge is 0.416 e. The quantitative estimate of drug-likeness (QED) is 0.727. The van der Waals surface area contributed by atoms with Crippen molar-refractivity contribution < 1.29 is 13.2 Å². The maximum atomic E-state index is 12.5. The average Bonchev–Trinajstić information content (AvgIpc) is 2.38. The molecule has 0 bridgehead atoms. The van der Waals surface area contributed by atoms with Crippen molar-refractivity contribution in [3.05, 3.63) is 29.8 Å². The molecule has 1 unspecified atom stereocenters. The minimum atomic E-state index is -4.25. The summed E-state index contributed by atoms with van der Waals surface area (Å²) < 4.78 is 37.5. The summed E-state index contributed by atoms with van der Waals surface area (Å²) in [4.78, 5) is 2.19. The Morgan fingerprint density at radius 3 is 2.39 bits per heavy atom. The molecule has 0 amide bonds. The molecule has 1 aliphatic rings. The zero-order valence-electron chi connectivity index (χ0n) is 9.88.